The number of thiophene rings is 1. The van der Waals surface area contributed by atoms with Crippen LogP contribution in [0, 0.1) is 17.8 Å². The number of nitrogens with zero attached hydrogens (tertiary/aromatic N) is 2. The van der Waals surface area contributed by atoms with Crippen molar-refractivity contribution in [2.75, 3.05) is 77.0 Å². The van der Waals surface area contributed by atoms with Gasteiger partial charge in [-0.05, 0) is 97.7 Å². The second-order valence-electron chi connectivity index (χ2n) is 19.6. The number of hydrogen-bond acceptors (Lipinski definition) is 11. The highest BCUT2D eigenvalue weighted by molar-refractivity contribution is 7.20. The van der Waals surface area contributed by atoms with Crippen molar-refractivity contribution in [2.24, 2.45) is 5.92 Å². The van der Waals surface area contributed by atoms with Gasteiger partial charge in [0.2, 0.25) is 0 Å². The van der Waals surface area contributed by atoms with Crippen molar-refractivity contribution in [3.63, 3.8) is 0 Å². The first-order valence-corrected chi connectivity index (χ1v) is 26.3. The molecule has 1 fully saturated rings. The molecule has 5 aromatic rings. The van der Waals surface area contributed by atoms with Crippen molar-refractivity contribution in [1.82, 2.24) is 4.90 Å². The maximum absolute atomic E-state index is 14.2. The normalized spacial score (nSPS) is 15.8. The molecule has 1 aliphatic heterocycles. The van der Waals surface area contributed by atoms with Gasteiger partial charge in [0.15, 0.2) is 0 Å². The Bertz CT molecular complexity index is 2550. The van der Waals surface area contributed by atoms with E-state index in [1.165, 1.54) is 35.7 Å². The van der Waals surface area contributed by atoms with Gasteiger partial charge in [0, 0.05) is 25.3 Å². The van der Waals surface area contributed by atoms with Gasteiger partial charge in [-0.15, -0.1) is 11.3 Å². The van der Waals surface area contributed by atoms with Crippen LogP contribution in [0.15, 0.2) is 97.1 Å². The van der Waals surface area contributed by atoms with Crippen molar-refractivity contribution in [1.29, 1.82) is 0 Å². The van der Waals surface area contributed by atoms with Crippen LogP contribution in [0.3, 0.4) is 0 Å². The zero-order chi connectivity index (χ0) is 50.7. The van der Waals surface area contributed by atoms with Crippen molar-refractivity contribution in [3.05, 3.63) is 113 Å². The molecule has 0 spiro atoms. The van der Waals surface area contributed by atoms with E-state index in [1.807, 2.05) is 18.2 Å². The third-order valence-corrected chi connectivity index (χ3v) is 18.4. The second kappa shape index (κ2) is 23.7. The van der Waals surface area contributed by atoms with Gasteiger partial charge in [-0.25, -0.2) is 9.59 Å². The number of anilines is 2. The first-order chi connectivity index (χ1) is 33.2. The quantitative estimate of drug-likeness (QED) is 0.0380. The molecule has 11 nitrogen and oxygen atoms in total. The van der Waals surface area contributed by atoms with Crippen LogP contribution in [-0.2, 0) is 29.8 Å². The van der Waals surface area contributed by atoms with Crippen molar-refractivity contribution in [2.45, 2.75) is 83.7 Å². The summed E-state index contributed by atoms with van der Waals surface area (Å²) in [4.78, 5) is 29.4. The number of aromatic hydroxyl groups is 1. The fourth-order valence-electron chi connectivity index (χ4n) is 8.99. The number of halogens is 3. The predicted molar refractivity (Wildman–Crippen MR) is 274 cm³/mol. The van der Waals surface area contributed by atoms with Crippen LogP contribution in [0.2, 0.25) is 5.04 Å². The van der Waals surface area contributed by atoms with Crippen LogP contribution in [-0.4, -0.2) is 115 Å². The Labute approximate surface area is 415 Å². The summed E-state index contributed by atoms with van der Waals surface area (Å²) < 4.78 is 72.8. The van der Waals surface area contributed by atoms with Crippen LogP contribution in [0.5, 0.6) is 5.75 Å². The van der Waals surface area contributed by atoms with E-state index < -0.39 is 38.6 Å². The standard InChI is InChI=1S/C54H66F3N3O8SSi/c1-52(2,3)68-51(63)60(40-33-39(50(62)64-8)34-41(61)35-40)26-16-23-48-45(36-54(55,56)57)44-21-15-22-47(49(44)69-48)58-46-24-27-59(7)37-38(46)25-28-65-29-30-66-31-32-67-70(53(4,5)6,42-17-11-9-12-18-42)43-19-13-10-14-20-43/h9-15,17-22,33-35,38,46,58,61H,24-32,36-37H2,1-8H3. The zero-order valence-corrected chi connectivity index (χ0v) is 43.2. The fourth-order valence-corrected chi connectivity index (χ4v) is 14.7. The lowest BCUT2D eigenvalue weighted by Crippen LogP contribution is -2.66. The average Bonchev–Trinajstić information content (AvgIpc) is 3.64. The Morgan fingerprint density at radius 3 is 2.13 bits per heavy atom. The monoisotopic (exact) mass is 1000 g/mol. The van der Waals surface area contributed by atoms with Gasteiger partial charge in [0.05, 0.1) is 73.0 Å². The molecule has 0 radical (unpaired) electrons. The highest BCUT2D eigenvalue weighted by Gasteiger charge is 2.50. The zero-order valence-electron chi connectivity index (χ0n) is 41.4. The van der Waals surface area contributed by atoms with Gasteiger partial charge >= 0.3 is 18.2 Å². The van der Waals surface area contributed by atoms with Gasteiger partial charge in [-0.3, -0.25) is 4.90 Å². The largest absolute Gasteiger partial charge is 0.508 e. The maximum Gasteiger partial charge on any atom is 0.415 e. The predicted octanol–water partition coefficient (Wildman–Crippen LogP) is 10.0. The lowest BCUT2D eigenvalue weighted by molar-refractivity contribution is -0.127. The lowest BCUT2D eigenvalue weighted by atomic mass is 9.89. The molecule has 70 heavy (non-hydrogen) atoms. The summed E-state index contributed by atoms with van der Waals surface area (Å²) in [6, 6.07) is 30.2. The molecule has 1 amide bonds. The minimum atomic E-state index is -4.52. The molecule has 16 heteroatoms. The molecule has 1 aromatic heterocycles. The molecular weight excluding hydrogens is 936 g/mol. The molecule has 2 N–H and O–H groups in total. The first-order valence-electron chi connectivity index (χ1n) is 23.6. The highest BCUT2D eigenvalue weighted by atomic mass is 32.1. The Morgan fingerprint density at radius 2 is 1.51 bits per heavy atom. The number of likely N-dealkylation sites (tertiary alicyclic amines) is 1. The topological polar surface area (TPSA) is 119 Å². The molecule has 0 aliphatic carbocycles. The summed E-state index contributed by atoms with van der Waals surface area (Å²) in [6.07, 6.45) is -4.96. The van der Waals surface area contributed by atoms with Gasteiger partial charge < -0.3 is 38.7 Å². The summed E-state index contributed by atoms with van der Waals surface area (Å²) in [5.74, 6) is 4.95. The van der Waals surface area contributed by atoms with Crippen molar-refractivity contribution in [3.8, 4) is 17.6 Å². The Kier molecular flexibility index (Phi) is 18.2. The maximum atomic E-state index is 14.2. The number of carbonyl (C=O) groups is 2. The average molecular weight is 1000 g/mol. The van der Waals surface area contributed by atoms with E-state index in [2.05, 4.69) is 98.4 Å². The smallest absolute Gasteiger partial charge is 0.415 e. The number of phenols is 1. The summed E-state index contributed by atoms with van der Waals surface area (Å²) in [6.45, 7) is 15.4. The highest BCUT2D eigenvalue weighted by Crippen LogP contribution is 2.40. The number of fused-ring (bicyclic) bond motifs is 1. The molecule has 2 unspecified atom stereocenters. The van der Waals surface area contributed by atoms with Crippen LogP contribution in [0.4, 0.5) is 29.3 Å². The molecule has 376 valence electrons. The minimum absolute atomic E-state index is 0.0229. The number of piperidine rings is 1. The van der Waals surface area contributed by atoms with Gasteiger partial charge in [-0.2, -0.15) is 13.2 Å². The molecule has 1 saturated heterocycles. The van der Waals surface area contributed by atoms with Crippen LogP contribution >= 0.6 is 11.3 Å². The first kappa shape index (κ1) is 53.9. The third-order valence-electron chi connectivity index (χ3n) is 12.1. The number of ether oxygens (including phenoxy) is 4. The van der Waals surface area contributed by atoms with Gasteiger partial charge in [0.25, 0.3) is 8.32 Å². The number of hydrogen-bond donors (Lipinski definition) is 2. The number of carbonyl (C=O) groups excluding carboxylic acids is 2. The molecule has 0 bridgehead atoms. The van der Waals surface area contributed by atoms with E-state index in [1.54, 1.807) is 32.9 Å². The van der Waals surface area contributed by atoms with E-state index in [9.17, 15) is 27.9 Å². The van der Waals surface area contributed by atoms with Crippen LogP contribution in [0.1, 0.15) is 75.2 Å². The minimum Gasteiger partial charge on any atom is -0.508 e. The Morgan fingerprint density at radius 1 is 0.871 bits per heavy atom. The van der Waals surface area contributed by atoms with Crippen molar-refractivity contribution >= 4 is 63.6 Å². The molecule has 2 atom stereocenters. The fraction of sp³-hybridized carbons (Fsp3) is 0.444. The molecule has 2 heterocycles. The molecule has 4 aromatic carbocycles. The Hall–Kier alpha value is -5.41. The Balaban J connectivity index is 1.11. The number of benzene rings is 4. The van der Waals surface area contributed by atoms with Crippen molar-refractivity contribution < 1.29 is 51.2 Å². The van der Waals surface area contributed by atoms with Crippen LogP contribution < -0.4 is 20.6 Å². The number of methoxy groups -OCH3 is 1. The van der Waals surface area contributed by atoms with Gasteiger partial charge in [-0.1, -0.05) is 105 Å². The van der Waals surface area contributed by atoms with E-state index >= 15 is 0 Å². The molecule has 6 rings (SSSR count). The number of amides is 1. The van der Waals surface area contributed by atoms with Crippen LogP contribution in [0.25, 0.3) is 10.1 Å². The lowest BCUT2D eigenvalue weighted by Gasteiger charge is -2.43. The van der Waals surface area contributed by atoms with E-state index in [0.29, 0.717) is 43.1 Å². The van der Waals surface area contributed by atoms with E-state index in [0.717, 1.165) is 47.9 Å². The van der Waals surface area contributed by atoms with Gasteiger partial charge in [0.1, 0.15) is 11.4 Å². The molecule has 0 saturated carbocycles. The second-order valence-corrected chi connectivity index (χ2v) is 24.9. The number of phenolic OH excluding ortho intramolecular Hbond substituents is 1. The number of rotatable bonds is 18. The molecule has 1 aliphatic rings. The van der Waals surface area contributed by atoms with E-state index in [4.69, 9.17) is 23.4 Å². The third kappa shape index (κ3) is 14.1. The number of alkyl halides is 3. The summed E-state index contributed by atoms with van der Waals surface area (Å²) in [7, 11) is 0.613. The summed E-state index contributed by atoms with van der Waals surface area (Å²) in [5, 5.41) is 16.9. The molecular formula is C54H66F3N3O8SSi. The SMILES string of the molecule is COC(=O)c1cc(O)cc(N(CC#Cc2sc3c(NC4CCN(C)CC4CCOCCOCCO[Si](c4ccccc4)(c4ccccc4)C(C)(C)C)cccc3c2CC(F)(F)F)C(=O)OC(C)(C)C)c1. The number of nitrogens with one attached hydrogen (secondary N) is 1. The number of esters is 1. The van der Waals surface area contributed by atoms with E-state index in [-0.39, 0.29) is 51.0 Å². The summed E-state index contributed by atoms with van der Waals surface area (Å²) >= 11 is 1.16. The summed E-state index contributed by atoms with van der Waals surface area (Å²) in [5.41, 5.74) is -0.0899.